The summed E-state index contributed by atoms with van der Waals surface area (Å²) in [5.74, 6) is -2.06. The molecular weight excluding hydrogens is 801 g/mol. The third-order valence-corrected chi connectivity index (χ3v) is 10.2. The van der Waals surface area contributed by atoms with E-state index in [4.69, 9.17) is 18.9 Å². The molecule has 0 aromatic carbocycles. The van der Waals surface area contributed by atoms with Gasteiger partial charge in [-0.2, -0.15) is 8.42 Å². The molecule has 0 saturated carbocycles. The van der Waals surface area contributed by atoms with Gasteiger partial charge in [-0.1, -0.05) is 143 Å². The standard InChI is InChI=1S/C48H76O12S/c1-3-5-7-9-11-13-15-17-18-19-20-21-22-23-25-26-28-30-32-34-36-43(49)57-38-41(39-58-48-47(53)46(52)45(51)42(60-48)40-61(54,55)56)59-44(50)37-35-33-31-29-27-24-16-14-12-10-8-6-4-2/h5-8,10-14,16-18,20-21,23,25,41-42,45-48,51-53H,3-4,9,15,19,22,24,26-40H2,1-2H3,(H,54,55,56)/b7-5+,8-6+,12-10+,13-11+,16-14+,18-17+,21-20+,25-23+/t41?,42-,45-,46?,47?,48+/m1/s1. The summed E-state index contributed by atoms with van der Waals surface area (Å²) >= 11 is 0. The van der Waals surface area contributed by atoms with Crippen LogP contribution in [-0.4, -0.2) is 96.0 Å². The predicted molar refractivity (Wildman–Crippen MR) is 242 cm³/mol. The van der Waals surface area contributed by atoms with Gasteiger partial charge in [0.1, 0.15) is 36.8 Å². The van der Waals surface area contributed by atoms with Crippen molar-refractivity contribution in [3.8, 4) is 0 Å². The molecule has 0 bridgehead atoms. The first kappa shape index (κ1) is 55.6. The number of carbonyl (C=O) groups excluding carboxylic acids is 2. The quantitative estimate of drug-likeness (QED) is 0.0156. The van der Waals surface area contributed by atoms with Crippen molar-refractivity contribution in [2.75, 3.05) is 19.0 Å². The molecule has 1 rings (SSSR count). The molecular formula is C48H76O12S. The average Bonchev–Trinajstić information content (AvgIpc) is 3.22. The Balaban J connectivity index is 2.47. The van der Waals surface area contributed by atoms with Gasteiger partial charge in [0.05, 0.1) is 6.61 Å². The molecule has 0 spiro atoms. The van der Waals surface area contributed by atoms with E-state index in [1.165, 1.54) is 0 Å². The molecule has 1 aliphatic rings. The van der Waals surface area contributed by atoms with E-state index >= 15 is 0 Å². The van der Waals surface area contributed by atoms with Crippen molar-refractivity contribution in [1.82, 2.24) is 0 Å². The second-order valence-corrected chi connectivity index (χ2v) is 16.5. The van der Waals surface area contributed by atoms with Gasteiger partial charge in [0.15, 0.2) is 12.4 Å². The van der Waals surface area contributed by atoms with Crippen molar-refractivity contribution in [2.24, 2.45) is 0 Å². The van der Waals surface area contributed by atoms with E-state index < -0.39 is 71.2 Å². The number of rotatable bonds is 35. The molecule has 61 heavy (non-hydrogen) atoms. The number of carbonyl (C=O) groups is 2. The molecule has 6 atom stereocenters. The molecule has 0 aromatic heterocycles. The van der Waals surface area contributed by atoms with Crippen LogP contribution in [0.15, 0.2) is 97.2 Å². The van der Waals surface area contributed by atoms with E-state index in [-0.39, 0.29) is 19.4 Å². The monoisotopic (exact) mass is 877 g/mol. The lowest BCUT2D eigenvalue weighted by molar-refractivity contribution is -0.297. The minimum absolute atomic E-state index is 0.129. The lowest BCUT2D eigenvalue weighted by Crippen LogP contribution is -2.60. The summed E-state index contributed by atoms with van der Waals surface area (Å²) in [6.07, 6.45) is 40.2. The summed E-state index contributed by atoms with van der Waals surface area (Å²) in [5, 5.41) is 30.9. The molecule has 346 valence electrons. The molecule has 1 aliphatic heterocycles. The third-order valence-electron chi connectivity index (χ3n) is 9.47. The lowest BCUT2D eigenvalue weighted by atomic mass is 10.00. The van der Waals surface area contributed by atoms with Gasteiger partial charge >= 0.3 is 11.9 Å². The van der Waals surface area contributed by atoms with Gasteiger partial charge in [0, 0.05) is 12.8 Å². The summed E-state index contributed by atoms with van der Waals surface area (Å²) in [6.45, 7) is 3.45. The Morgan fingerprint density at radius 2 is 1.07 bits per heavy atom. The molecule has 1 saturated heterocycles. The van der Waals surface area contributed by atoms with Gasteiger partial charge in [0.25, 0.3) is 10.1 Å². The zero-order valence-electron chi connectivity index (χ0n) is 36.7. The minimum Gasteiger partial charge on any atom is -0.462 e. The van der Waals surface area contributed by atoms with Gasteiger partial charge < -0.3 is 34.3 Å². The number of unbranched alkanes of at least 4 members (excludes halogenated alkanes) is 9. The molecule has 0 aliphatic carbocycles. The van der Waals surface area contributed by atoms with Gasteiger partial charge in [-0.3, -0.25) is 14.1 Å². The van der Waals surface area contributed by atoms with Crippen LogP contribution < -0.4 is 0 Å². The minimum atomic E-state index is -4.61. The van der Waals surface area contributed by atoms with Gasteiger partial charge in [-0.25, -0.2) is 0 Å². The van der Waals surface area contributed by atoms with E-state index in [2.05, 4.69) is 86.8 Å². The van der Waals surface area contributed by atoms with Crippen LogP contribution in [0.4, 0.5) is 0 Å². The first-order valence-electron chi connectivity index (χ1n) is 22.3. The fraction of sp³-hybridized carbons (Fsp3) is 0.625. The summed E-state index contributed by atoms with van der Waals surface area (Å²) in [4.78, 5) is 25.4. The number of ether oxygens (including phenoxy) is 4. The van der Waals surface area contributed by atoms with Gasteiger partial charge in [-0.05, 0) is 77.0 Å². The Bertz CT molecular complexity index is 1490. The molecule has 4 N–H and O–H groups in total. The Morgan fingerprint density at radius 1 is 0.574 bits per heavy atom. The number of esters is 2. The SMILES string of the molecule is CC/C=C/C=C/C=C/CCCCCCCC(=O)OC(COC(=O)CCCCCC/C=C/C/C=C/C/C=C/C/C=C/C/C=C/CC)CO[C@H]1O[C@H](CS(=O)(=O)O)[C@@H](O)C(O)C1O. The van der Waals surface area contributed by atoms with Crippen LogP contribution in [0.5, 0.6) is 0 Å². The van der Waals surface area contributed by atoms with Gasteiger partial charge in [-0.15, -0.1) is 0 Å². The first-order chi connectivity index (χ1) is 29.5. The van der Waals surface area contributed by atoms with Crippen LogP contribution in [0.1, 0.15) is 136 Å². The maximum atomic E-state index is 12.8. The van der Waals surface area contributed by atoms with Gasteiger partial charge in [0.2, 0.25) is 0 Å². The summed E-state index contributed by atoms with van der Waals surface area (Å²) < 4.78 is 54.0. The average molecular weight is 877 g/mol. The van der Waals surface area contributed by atoms with Crippen LogP contribution in [0.2, 0.25) is 0 Å². The highest BCUT2D eigenvalue weighted by Crippen LogP contribution is 2.24. The Morgan fingerprint density at radius 3 is 1.64 bits per heavy atom. The van der Waals surface area contributed by atoms with Crippen LogP contribution in [0, 0.1) is 0 Å². The van der Waals surface area contributed by atoms with E-state index in [9.17, 15) is 37.9 Å². The predicted octanol–water partition coefficient (Wildman–Crippen LogP) is 9.05. The van der Waals surface area contributed by atoms with Crippen molar-refractivity contribution in [2.45, 2.75) is 173 Å². The van der Waals surface area contributed by atoms with E-state index in [0.29, 0.717) is 12.8 Å². The van der Waals surface area contributed by atoms with Crippen LogP contribution in [0.25, 0.3) is 0 Å². The van der Waals surface area contributed by atoms with Crippen molar-refractivity contribution >= 4 is 22.1 Å². The summed E-state index contributed by atoms with van der Waals surface area (Å²) in [7, 11) is -4.61. The number of aliphatic hydroxyl groups is 3. The molecule has 12 nitrogen and oxygen atoms in total. The molecule has 13 heteroatoms. The Labute approximate surface area is 366 Å². The molecule has 0 aromatic rings. The first-order valence-corrected chi connectivity index (χ1v) is 23.9. The van der Waals surface area contributed by atoms with Crippen LogP contribution >= 0.6 is 0 Å². The molecule has 3 unspecified atom stereocenters. The number of hydrogen-bond donors (Lipinski definition) is 4. The largest absolute Gasteiger partial charge is 0.462 e. The van der Waals surface area contributed by atoms with Crippen molar-refractivity contribution in [3.63, 3.8) is 0 Å². The lowest BCUT2D eigenvalue weighted by Gasteiger charge is -2.40. The molecule has 1 heterocycles. The fourth-order valence-corrected chi connectivity index (χ4v) is 6.74. The fourth-order valence-electron chi connectivity index (χ4n) is 6.05. The molecule has 1 fully saturated rings. The van der Waals surface area contributed by atoms with E-state index in [0.717, 1.165) is 96.3 Å². The third kappa shape index (κ3) is 32.0. The molecule has 0 amide bonds. The molecule has 0 radical (unpaired) electrons. The summed E-state index contributed by atoms with van der Waals surface area (Å²) in [5.41, 5.74) is 0. The number of aliphatic hydroxyl groups excluding tert-OH is 3. The Kier molecular flexibility index (Phi) is 33.9. The van der Waals surface area contributed by atoms with Crippen LogP contribution in [-0.2, 0) is 38.7 Å². The summed E-state index contributed by atoms with van der Waals surface area (Å²) in [6, 6.07) is 0. The van der Waals surface area contributed by atoms with E-state index in [1.54, 1.807) is 0 Å². The highest BCUT2D eigenvalue weighted by molar-refractivity contribution is 7.85. The maximum absolute atomic E-state index is 12.8. The maximum Gasteiger partial charge on any atom is 0.306 e. The van der Waals surface area contributed by atoms with Crippen LogP contribution in [0.3, 0.4) is 0 Å². The number of allylic oxidation sites excluding steroid dienone is 16. The zero-order chi connectivity index (χ0) is 44.8. The Hall–Kier alpha value is -3.43. The second kappa shape index (κ2) is 37.2. The van der Waals surface area contributed by atoms with Crippen molar-refractivity contribution in [1.29, 1.82) is 0 Å². The van der Waals surface area contributed by atoms with Crippen molar-refractivity contribution in [3.05, 3.63) is 97.2 Å². The topological polar surface area (TPSA) is 186 Å². The normalized spacial score (nSPS) is 20.9. The number of hydrogen-bond acceptors (Lipinski definition) is 11. The highest BCUT2D eigenvalue weighted by Gasteiger charge is 2.46. The highest BCUT2D eigenvalue weighted by atomic mass is 32.2. The van der Waals surface area contributed by atoms with E-state index in [1.807, 2.05) is 24.3 Å². The zero-order valence-corrected chi connectivity index (χ0v) is 37.5. The van der Waals surface area contributed by atoms with Crippen molar-refractivity contribution < 1.29 is 56.8 Å². The smallest absolute Gasteiger partial charge is 0.306 e. The second-order valence-electron chi connectivity index (χ2n) is 15.0.